The highest BCUT2D eigenvalue weighted by atomic mass is 79.9. The molecule has 8 heteroatoms. The molecule has 3 aromatic rings. The number of alkyl halides is 1. The van der Waals surface area contributed by atoms with Gasteiger partial charge < -0.3 is 0 Å². The summed E-state index contributed by atoms with van der Waals surface area (Å²) >= 11 is 16.2. The van der Waals surface area contributed by atoms with Gasteiger partial charge in [-0.25, -0.2) is 9.69 Å². The zero-order valence-corrected chi connectivity index (χ0v) is 23.1. The second-order valence-electron chi connectivity index (χ2n) is 9.01. The number of benzene rings is 2. The smallest absolute Gasteiger partial charge is 0.283 e. The van der Waals surface area contributed by atoms with Crippen LogP contribution in [0.15, 0.2) is 42.5 Å². The Bertz CT molecular complexity index is 1160. The number of carbonyl (C=O) groups is 1. The second kappa shape index (κ2) is 12.4. The molecule has 0 aliphatic carbocycles. The van der Waals surface area contributed by atoms with Crippen LogP contribution in [0.3, 0.4) is 0 Å². The number of aromatic nitrogens is 2. The van der Waals surface area contributed by atoms with E-state index in [0.29, 0.717) is 21.4 Å². The molecule has 0 atom stereocenters. The van der Waals surface area contributed by atoms with Gasteiger partial charge in [-0.05, 0) is 62.8 Å². The number of piperidine rings is 1. The molecule has 0 bridgehead atoms. The predicted molar refractivity (Wildman–Crippen MR) is 148 cm³/mol. The number of amides is 1. The molecule has 0 unspecified atom stereocenters. The van der Waals surface area contributed by atoms with Crippen molar-refractivity contribution in [1.82, 2.24) is 20.2 Å². The minimum absolute atomic E-state index is 0.196. The van der Waals surface area contributed by atoms with Crippen LogP contribution >= 0.6 is 39.1 Å². The van der Waals surface area contributed by atoms with Gasteiger partial charge in [0.2, 0.25) is 0 Å². The van der Waals surface area contributed by atoms with Crippen LogP contribution in [0.2, 0.25) is 10.0 Å². The normalized spacial score (nSPS) is 14.3. The number of carbonyl (C=O) groups excluding carboxylic acids is 1. The highest BCUT2D eigenvalue weighted by Crippen LogP contribution is 2.33. The highest BCUT2D eigenvalue weighted by Gasteiger charge is 2.25. The molecule has 186 valence electrons. The molecule has 1 fully saturated rings. The summed E-state index contributed by atoms with van der Waals surface area (Å²) in [5, 5.41) is 8.82. The lowest BCUT2D eigenvalue weighted by Crippen LogP contribution is -2.45. The van der Waals surface area contributed by atoms with Gasteiger partial charge in [0, 0.05) is 34.6 Å². The van der Waals surface area contributed by atoms with Crippen LogP contribution in [-0.2, 0) is 6.42 Å². The van der Waals surface area contributed by atoms with E-state index < -0.39 is 0 Å². The summed E-state index contributed by atoms with van der Waals surface area (Å²) in [5.41, 5.74) is 8.09. The lowest BCUT2D eigenvalue weighted by Gasteiger charge is -2.26. The molecule has 1 amide bonds. The quantitative estimate of drug-likeness (QED) is 0.213. The summed E-state index contributed by atoms with van der Waals surface area (Å²) in [4.78, 5) is 13.2. The van der Waals surface area contributed by atoms with Crippen molar-refractivity contribution in [2.75, 3.05) is 18.4 Å². The van der Waals surface area contributed by atoms with Gasteiger partial charge in [0.1, 0.15) is 0 Å². The van der Waals surface area contributed by atoms with E-state index >= 15 is 0 Å². The van der Waals surface area contributed by atoms with E-state index in [2.05, 4.69) is 45.6 Å². The predicted octanol–water partition coefficient (Wildman–Crippen LogP) is 7.39. The molecule has 1 aliphatic heterocycles. The minimum atomic E-state index is -0.196. The van der Waals surface area contributed by atoms with Gasteiger partial charge in [0.15, 0.2) is 5.69 Å². The number of hydrogen-bond donors (Lipinski definition) is 1. The molecule has 35 heavy (non-hydrogen) atoms. The van der Waals surface area contributed by atoms with E-state index in [1.807, 2.05) is 18.0 Å². The van der Waals surface area contributed by atoms with Crippen LogP contribution in [0.25, 0.3) is 16.9 Å². The van der Waals surface area contributed by atoms with Crippen molar-refractivity contribution in [3.8, 4) is 16.9 Å². The van der Waals surface area contributed by atoms with Gasteiger partial charge in [0.25, 0.3) is 5.91 Å². The van der Waals surface area contributed by atoms with Crippen molar-refractivity contribution in [1.29, 1.82) is 0 Å². The third-order valence-corrected chi connectivity index (χ3v) is 7.52. The van der Waals surface area contributed by atoms with Crippen LogP contribution in [-0.4, -0.2) is 39.1 Å². The van der Waals surface area contributed by atoms with Crippen LogP contribution in [0.4, 0.5) is 0 Å². The first-order valence-corrected chi connectivity index (χ1v) is 14.1. The van der Waals surface area contributed by atoms with Crippen molar-refractivity contribution >= 4 is 45.0 Å². The monoisotopic (exact) mass is 576 g/mol. The summed E-state index contributed by atoms with van der Waals surface area (Å²) < 4.78 is 1.77. The standard InChI is InChI=1S/C27H31BrCl2N4O/c1-19-25(27(35)32-33-16-6-3-7-17-33)31-34(24-14-13-22(29)18-23(24)30)26(19)21-11-9-20(10-12-21)8-4-2-5-15-28/h9-14,18H,2-8,15-17H2,1H3,(H,32,35). The summed E-state index contributed by atoms with van der Waals surface area (Å²) in [5.74, 6) is -0.196. The zero-order chi connectivity index (χ0) is 24.8. The van der Waals surface area contributed by atoms with Crippen LogP contribution < -0.4 is 5.43 Å². The fourth-order valence-corrected chi connectivity index (χ4v) is 5.39. The number of hydrogen-bond acceptors (Lipinski definition) is 3. The van der Waals surface area contributed by atoms with Crippen molar-refractivity contribution in [3.63, 3.8) is 0 Å². The molecule has 5 nitrogen and oxygen atoms in total. The zero-order valence-electron chi connectivity index (χ0n) is 20.0. The lowest BCUT2D eigenvalue weighted by atomic mass is 10.0. The van der Waals surface area contributed by atoms with E-state index in [-0.39, 0.29) is 5.91 Å². The maximum absolute atomic E-state index is 13.2. The molecule has 4 rings (SSSR count). The Hall–Kier alpha value is -1.86. The van der Waals surface area contributed by atoms with E-state index in [9.17, 15) is 4.79 Å². The molecule has 2 heterocycles. The van der Waals surface area contributed by atoms with E-state index in [4.69, 9.17) is 28.3 Å². The Balaban J connectivity index is 1.68. The van der Waals surface area contributed by atoms with Crippen LogP contribution in [0.1, 0.15) is 60.1 Å². The van der Waals surface area contributed by atoms with Crippen molar-refractivity contribution < 1.29 is 4.79 Å². The molecular weight excluding hydrogens is 547 g/mol. The number of hydrazine groups is 1. The molecule has 0 spiro atoms. The van der Waals surface area contributed by atoms with Crippen LogP contribution in [0.5, 0.6) is 0 Å². The Morgan fingerprint density at radius 1 is 1.03 bits per heavy atom. The van der Waals surface area contributed by atoms with Gasteiger partial charge in [-0.1, -0.05) is 76.2 Å². The third kappa shape index (κ3) is 6.48. The van der Waals surface area contributed by atoms with Gasteiger partial charge >= 0.3 is 0 Å². The Morgan fingerprint density at radius 2 is 1.77 bits per heavy atom. The largest absolute Gasteiger partial charge is 0.286 e. The van der Waals surface area contributed by atoms with Crippen LogP contribution in [0, 0.1) is 6.92 Å². The summed E-state index contributed by atoms with van der Waals surface area (Å²) in [7, 11) is 0. The first kappa shape index (κ1) is 26.2. The molecule has 1 aromatic heterocycles. The van der Waals surface area contributed by atoms with Crippen molar-refractivity contribution in [3.05, 3.63) is 69.3 Å². The molecule has 0 radical (unpaired) electrons. The number of rotatable bonds is 9. The number of nitrogens with zero attached hydrogens (tertiary/aromatic N) is 3. The summed E-state index contributed by atoms with van der Waals surface area (Å²) in [6.07, 6.45) is 8.00. The fraction of sp³-hybridized carbons (Fsp3) is 0.407. The summed E-state index contributed by atoms with van der Waals surface area (Å²) in [6, 6.07) is 13.9. The molecule has 0 saturated carbocycles. The first-order valence-electron chi connectivity index (χ1n) is 12.2. The number of halogens is 3. The van der Waals surface area contributed by atoms with Gasteiger partial charge in [-0.15, -0.1) is 0 Å². The lowest BCUT2D eigenvalue weighted by molar-refractivity contribution is 0.0743. The topological polar surface area (TPSA) is 50.2 Å². The molecule has 1 saturated heterocycles. The second-order valence-corrected chi connectivity index (χ2v) is 10.7. The first-order chi connectivity index (χ1) is 17.0. The average Bonchev–Trinajstić information content (AvgIpc) is 3.19. The Labute approximate surface area is 225 Å². The average molecular weight is 578 g/mol. The highest BCUT2D eigenvalue weighted by molar-refractivity contribution is 9.09. The number of aryl methyl sites for hydroxylation is 1. The SMILES string of the molecule is Cc1c(C(=O)NN2CCCCC2)nn(-c2ccc(Cl)cc2Cl)c1-c1ccc(CCCCCBr)cc1. The Morgan fingerprint density at radius 3 is 2.46 bits per heavy atom. The van der Waals surface area contributed by atoms with Crippen molar-refractivity contribution in [2.45, 2.75) is 51.9 Å². The fourth-order valence-electron chi connectivity index (χ4n) is 4.51. The molecular formula is C27H31BrCl2N4O. The van der Waals surface area contributed by atoms with Gasteiger partial charge in [-0.3, -0.25) is 10.2 Å². The maximum atomic E-state index is 13.2. The van der Waals surface area contributed by atoms with E-state index in [1.54, 1.807) is 16.8 Å². The van der Waals surface area contributed by atoms with E-state index in [1.165, 1.54) is 31.2 Å². The Kier molecular flexibility index (Phi) is 9.28. The minimum Gasteiger partial charge on any atom is -0.283 e. The summed E-state index contributed by atoms with van der Waals surface area (Å²) in [6.45, 7) is 3.67. The maximum Gasteiger partial charge on any atom is 0.286 e. The van der Waals surface area contributed by atoms with Crippen molar-refractivity contribution in [2.24, 2.45) is 0 Å². The van der Waals surface area contributed by atoms with Gasteiger partial charge in [0.05, 0.1) is 16.4 Å². The van der Waals surface area contributed by atoms with Gasteiger partial charge in [-0.2, -0.15) is 5.10 Å². The van der Waals surface area contributed by atoms with E-state index in [0.717, 1.165) is 54.5 Å². The molecule has 2 aromatic carbocycles. The number of nitrogens with one attached hydrogen (secondary N) is 1. The third-order valence-electron chi connectivity index (χ3n) is 6.42. The molecule has 1 N–H and O–H groups in total. The molecule has 1 aliphatic rings. The number of unbranched alkanes of at least 4 members (excludes halogenated alkanes) is 2.